The number of carbonyl (C=O) groups is 2. The molecule has 0 saturated heterocycles. The molecule has 0 radical (unpaired) electrons. The molecule has 0 bridgehead atoms. The zero-order valence-electron chi connectivity index (χ0n) is 15.2. The molecule has 0 aliphatic heterocycles. The highest BCUT2D eigenvalue weighted by Gasteiger charge is 2.14. The number of nitrogens with one attached hydrogen (secondary N) is 1. The Morgan fingerprint density at radius 2 is 2.04 bits per heavy atom. The van der Waals surface area contributed by atoms with E-state index in [1.165, 1.54) is 14.0 Å². The van der Waals surface area contributed by atoms with E-state index in [2.05, 4.69) is 21.0 Å². The second kappa shape index (κ2) is 9.07. The van der Waals surface area contributed by atoms with Crippen LogP contribution < -0.4 is 11.1 Å². The number of rotatable bonds is 4. The molecule has 3 rings (SSSR count). The Balaban J connectivity index is 0.00000126. The fraction of sp³-hybridized carbons (Fsp3) is 0.158. The molecule has 27 heavy (non-hydrogen) atoms. The monoisotopic (exact) mass is 385 g/mol. The molecule has 3 N–H and O–H groups in total. The zero-order valence-corrected chi connectivity index (χ0v) is 16.0. The number of anilines is 1. The summed E-state index contributed by atoms with van der Waals surface area (Å²) in [5.74, 6) is 0.726. The van der Waals surface area contributed by atoms with Gasteiger partial charge in [0, 0.05) is 31.1 Å². The molecular formula is C19H20ClN5O2. The van der Waals surface area contributed by atoms with Gasteiger partial charge >= 0.3 is 0 Å². The third kappa shape index (κ3) is 4.58. The predicted molar refractivity (Wildman–Crippen MR) is 106 cm³/mol. The first kappa shape index (κ1) is 20.3. The van der Waals surface area contributed by atoms with Crippen LogP contribution >= 0.6 is 11.6 Å². The number of hydrogen-bond acceptors (Lipinski definition) is 5. The minimum atomic E-state index is -0.200. The highest BCUT2D eigenvalue weighted by Crippen LogP contribution is 2.29. The van der Waals surface area contributed by atoms with Crippen LogP contribution in [0.5, 0.6) is 0 Å². The molecule has 1 amide bonds. The molecule has 7 nitrogen and oxygen atoms in total. The first-order valence-electron chi connectivity index (χ1n) is 8.10. The number of nitrogens with two attached hydrogens (primary N) is 1. The van der Waals surface area contributed by atoms with Gasteiger partial charge in [0.1, 0.15) is 5.82 Å². The van der Waals surface area contributed by atoms with E-state index in [0.717, 1.165) is 23.0 Å². The number of hydrogen-bond donors (Lipinski definition) is 2. The maximum atomic E-state index is 11.5. The smallest absolute Gasteiger partial charge is 0.222 e. The van der Waals surface area contributed by atoms with Crippen molar-refractivity contribution in [3.8, 4) is 16.9 Å². The van der Waals surface area contributed by atoms with E-state index < -0.39 is 0 Å². The van der Waals surface area contributed by atoms with Crippen molar-refractivity contribution in [3.05, 3.63) is 59.1 Å². The van der Waals surface area contributed by atoms with Crippen molar-refractivity contribution in [3.63, 3.8) is 0 Å². The van der Waals surface area contributed by atoms with Gasteiger partial charge < -0.3 is 11.1 Å². The number of amides is 1. The van der Waals surface area contributed by atoms with Crippen LogP contribution in [0.15, 0.2) is 42.9 Å². The Hall–Kier alpha value is -3.03. The molecule has 0 fully saturated rings. The van der Waals surface area contributed by atoms with Crippen molar-refractivity contribution in [1.82, 2.24) is 14.5 Å². The summed E-state index contributed by atoms with van der Waals surface area (Å²) in [6.45, 7) is 3.33. The quantitative estimate of drug-likeness (QED) is 0.671. The Morgan fingerprint density at radius 3 is 2.67 bits per heavy atom. The lowest BCUT2D eigenvalue weighted by molar-refractivity contribution is -0.114. The van der Waals surface area contributed by atoms with E-state index in [-0.39, 0.29) is 5.91 Å². The van der Waals surface area contributed by atoms with Gasteiger partial charge in [0.15, 0.2) is 12.1 Å². The summed E-state index contributed by atoms with van der Waals surface area (Å²) >= 11 is 6.20. The Bertz CT molecular complexity index is 968. The van der Waals surface area contributed by atoms with Crippen LogP contribution in [0, 0.1) is 6.92 Å². The normalized spacial score (nSPS) is 9.96. The van der Waals surface area contributed by atoms with Crippen molar-refractivity contribution < 1.29 is 9.59 Å². The molecule has 0 atom stereocenters. The topological polar surface area (TPSA) is 103 Å². The summed E-state index contributed by atoms with van der Waals surface area (Å²) in [5, 5.41) is 3.10. The summed E-state index contributed by atoms with van der Waals surface area (Å²) < 4.78 is 1.64. The van der Waals surface area contributed by atoms with Crippen LogP contribution in [0.2, 0.25) is 5.02 Å². The number of aldehydes is 1. The third-order valence-electron chi connectivity index (χ3n) is 3.66. The minimum absolute atomic E-state index is 0.200. The van der Waals surface area contributed by atoms with Crippen LogP contribution in [-0.4, -0.2) is 33.8 Å². The molecule has 8 heteroatoms. The molecule has 0 spiro atoms. The SMILES string of the molecule is CC(=O)Nc1cc(-c2cc(C=O)n(-c3ncccc3Cl)c2)c(C)cn1.CN. The largest absolute Gasteiger partial charge is 0.333 e. The number of halogens is 1. The fourth-order valence-electron chi connectivity index (χ4n) is 2.54. The molecule has 3 heterocycles. The molecule has 0 aliphatic carbocycles. The van der Waals surface area contributed by atoms with Gasteiger partial charge in [-0.15, -0.1) is 0 Å². The predicted octanol–water partition coefficient (Wildman–Crippen LogP) is 3.24. The van der Waals surface area contributed by atoms with Crippen molar-refractivity contribution in [2.24, 2.45) is 5.73 Å². The summed E-state index contributed by atoms with van der Waals surface area (Å²) in [6.07, 6.45) is 5.83. The van der Waals surface area contributed by atoms with Crippen LogP contribution in [0.25, 0.3) is 16.9 Å². The van der Waals surface area contributed by atoms with Gasteiger partial charge in [0.2, 0.25) is 5.91 Å². The first-order chi connectivity index (χ1) is 13.0. The lowest BCUT2D eigenvalue weighted by atomic mass is 10.1. The number of aryl methyl sites for hydroxylation is 1. The average molecular weight is 386 g/mol. The number of nitrogens with zero attached hydrogens (tertiary/aromatic N) is 3. The van der Waals surface area contributed by atoms with Gasteiger partial charge in [-0.1, -0.05) is 11.6 Å². The summed E-state index contributed by atoms with van der Waals surface area (Å²) in [5.41, 5.74) is 7.49. The van der Waals surface area contributed by atoms with Gasteiger partial charge in [-0.2, -0.15) is 0 Å². The van der Waals surface area contributed by atoms with E-state index in [4.69, 9.17) is 11.6 Å². The van der Waals surface area contributed by atoms with Gasteiger partial charge in [0.25, 0.3) is 0 Å². The van der Waals surface area contributed by atoms with Crippen molar-refractivity contribution in [2.75, 3.05) is 12.4 Å². The molecule has 0 saturated carbocycles. The van der Waals surface area contributed by atoms with E-state index in [0.29, 0.717) is 22.4 Å². The van der Waals surface area contributed by atoms with Crippen LogP contribution in [-0.2, 0) is 4.79 Å². The fourth-order valence-corrected chi connectivity index (χ4v) is 2.75. The highest BCUT2D eigenvalue weighted by molar-refractivity contribution is 6.32. The number of aromatic nitrogens is 3. The van der Waals surface area contributed by atoms with Crippen LogP contribution in [0.1, 0.15) is 23.0 Å². The maximum Gasteiger partial charge on any atom is 0.222 e. The Morgan fingerprint density at radius 1 is 1.30 bits per heavy atom. The summed E-state index contributed by atoms with van der Waals surface area (Å²) in [6, 6.07) is 6.96. The standard InChI is InChI=1S/C18H15ClN4O2.CH5N/c1-11-8-21-17(22-12(2)25)7-15(11)13-6-14(10-24)23(9-13)18-16(19)4-3-5-20-18;1-2/h3-10H,1-2H3,(H,21,22,25);2H2,1H3. The minimum Gasteiger partial charge on any atom is -0.333 e. The molecule has 140 valence electrons. The van der Waals surface area contributed by atoms with E-state index >= 15 is 0 Å². The second-order valence-corrected chi connectivity index (χ2v) is 5.92. The number of pyridine rings is 2. The zero-order chi connectivity index (χ0) is 20.0. The van der Waals surface area contributed by atoms with E-state index in [1.54, 1.807) is 47.4 Å². The second-order valence-electron chi connectivity index (χ2n) is 5.52. The lowest BCUT2D eigenvalue weighted by Crippen LogP contribution is -2.07. The molecule has 0 aromatic carbocycles. The van der Waals surface area contributed by atoms with Crippen LogP contribution in [0.4, 0.5) is 5.82 Å². The maximum absolute atomic E-state index is 11.5. The molecule has 0 aliphatic rings. The highest BCUT2D eigenvalue weighted by atomic mass is 35.5. The average Bonchev–Trinajstić information content (AvgIpc) is 3.09. The van der Waals surface area contributed by atoms with Crippen molar-refractivity contribution in [2.45, 2.75) is 13.8 Å². The van der Waals surface area contributed by atoms with Gasteiger partial charge in [-0.05, 0) is 49.4 Å². The van der Waals surface area contributed by atoms with Gasteiger partial charge in [-0.25, -0.2) is 9.97 Å². The first-order valence-corrected chi connectivity index (χ1v) is 8.48. The van der Waals surface area contributed by atoms with Gasteiger partial charge in [-0.3, -0.25) is 14.2 Å². The van der Waals surface area contributed by atoms with Crippen molar-refractivity contribution in [1.29, 1.82) is 0 Å². The van der Waals surface area contributed by atoms with E-state index in [1.807, 2.05) is 6.92 Å². The Kier molecular flexibility index (Phi) is 6.81. The molecule has 3 aromatic heterocycles. The number of carbonyl (C=O) groups excluding carboxylic acids is 2. The third-order valence-corrected chi connectivity index (χ3v) is 3.95. The van der Waals surface area contributed by atoms with Gasteiger partial charge in [0.05, 0.1) is 10.7 Å². The Labute approximate surface area is 162 Å². The van der Waals surface area contributed by atoms with Crippen molar-refractivity contribution >= 4 is 29.6 Å². The van der Waals surface area contributed by atoms with E-state index in [9.17, 15) is 9.59 Å². The molecular weight excluding hydrogens is 366 g/mol. The van der Waals surface area contributed by atoms with Crippen LogP contribution in [0.3, 0.4) is 0 Å². The summed E-state index contributed by atoms with van der Waals surface area (Å²) in [7, 11) is 1.50. The lowest BCUT2D eigenvalue weighted by Gasteiger charge is -2.07. The molecule has 3 aromatic rings. The summed E-state index contributed by atoms with van der Waals surface area (Å²) in [4.78, 5) is 31.2. The molecule has 0 unspecified atom stereocenters.